The van der Waals surface area contributed by atoms with Gasteiger partial charge in [-0.15, -0.1) is 4.72 Å². The summed E-state index contributed by atoms with van der Waals surface area (Å²) in [6.45, 7) is 8.81. The van der Waals surface area contributed by atoms with Crippen LogP contribution in [0.3, 0.4) is 0 Å². The lowest BCUT2D eigenvalue weighted by atomic mass is 9.89. The molecule has 0 spiro atoms. The Morgan fingerprint density at radius 2 is 1.74 bits per heavy atom. The number of hydrogen-bond acceptors (Lipinski definition) is 6. The van der Waals surface area contributed by atoms with Crippen LogP contribution in [0.2, 0.25) is 0 Å². The third-order valence-corrected chi connectivity index (χ3v) is 9.45. The SMILES string of the molecule is CCS(=O)(=O)Cc1ccc(C(=O)c2ccc(F)cc2)c(-c2cn(C)c(=O)cc2[C@@H](C)N[S@@+]([O-])C(C)(C)C)c1. The van der Waals surface area contributed by atoms with Gasteiger partial charge in [0.1, 0.15) is 10.6 Å². The number of pyridine rings is 1. The van der Waals surface area contributed by atoms with Crippen LogP contribution >= 0.6 is 0 Å². The zero-order valence-corrected chi connectivity index (χ0v) is 24.0. The molecule has 0 amide bonds. The number of halogens is 1. The highest BCUT2D eigenvalue weighted by Gasteiger charge is 2.30. The van der Waals surface area contributed by atoms with Crippen molar-refractivity contribution in [1.29, 1.82) is 0 Å². The molecule has 3 aromatic rings. The van der Waals surface area contributed by atoms with Crippen LogP contribution < -0.4 is 10.3 Å². The van der Waals surface area contributed by atoms with Crippen LogP contribution in [0, 0.1) is 5.82 Å². The van der Waals surface area contributed by atoms with Crippen molar-refractivity contribution in [2.24, 2.45) is 7.05 Å². The van der Waals surface area contributed by atoms with E-state index in [1.807, 2.05) is 20.8 Å². The van der Waals surface area contributed by atoms with Crippen molar-refractivity contribution < 1.29 is 22.2 Å². The van der Waals surface area contributed by atoms with E-state index in [-0.39, 0.29) is 34.0 Å². The van der Waals surface area contributed by atoms with Gasteiger partial charge in [-0.1, -0.05) is 19.1 Å². The second-order valence-electron chi connectivity index (χ2n) is 10.2. The van der Waals surface area contributed by atoms with Crippen molar-refractivity contribution in [3.05, 3.63) is 93.2 Å². The molecule has 0 fully saturated rings. The minimum absolute atomic E-state index is 0.0384. The van der Waals surface area contributed by atoms with Crippen molar-refractivity contribution in [2.75, 3.05) is 5.75 Å². The van der Waals surface area contributed by atoms with E-state index < -0.39 is 37.8 Å². The summed E-state index contributed by atoms with van der Waals surface area (Å²) in [5.41, 5.74) is 2.15. The molecule has 0 bridgehead atoms. The molecule has 0 unspecified atom stereocenters. The number of ketones is 1. The molecular formula is C28H33FN2O5S2. The molecule has 0 saturated heterocycles. The molecule has 2 atom stereocenters. The molecule has 0 saturated carbocycles. The molecule has 0 aliphatic carbocycles. The van der Waals surface area contributed by atoms with E-state index in [0.717, 1.165) is 0 Å². The molecule has 0 aliphatic heterocycles. The van der Waals surface area contributed by atoms with E-state index in [4.69, 9.17) is 0 Å². The second kappa shape index (κ2) is 11.5. The molecule has 204 valence electrons. The van der Waals surface area contributed by atoms with Crippen LogP contribution in [0.15, 0.2) is 59.5 Å². The van der Waals surface area contributed by atoms with E-state index in [2.05, 4.69) is 4.72 Å². The van der Waals surface area contributed by atoms with Gasteiger partial charge < -0.3 is 9.12 Å². The smallest absolute Gasteiger partial charge is 0.250 e. The van der Waals surface area contributed by atoms with Gasteiger partial charge in [0.25, 0.3) is 5.56 Å². The number of rotatable bonds is 9. The van der Waals surface area contributed by atoms with E-state index in [1.54, 1.807) is 45.3 Å². The quantitative estimate of drug-likeness (QED) is 0.306. The number of benzene rings is 2. The van der Waals surface area contributed by atoms with Crippen molar-refractivity contribution in [3.8, 4) is 11.1 Å². The van der Waals surface area contributed by atoms with Gasteiger partial charge in [0.2, 0.25) is 0 Å². The van der Waals surface area contributed by atoms with Gasteiger partial charge in [-0.05, 0) is 74.7 Å². The van der Waals surface area contributed by atoms with E-state index in [1.165, 1.54) is 34.9 Å². The predicted octanol–water partition coefficient (Wildman–Crippen LogP) is 4.47. The molecule has 1 heterocycles. The van der Waals surface area contributed by atoms with Crippen molar-refractivity contribution in [1.82, 2.24) is 9.29 Å². The van der Waals surface area contributed by atoms with Gasteiger partial charge >= 0.3 is 0 Å². The molecule has 0 aliphatic rings. The maximum absolute atomic E-state index is 13.6. The third kappa shape index (κ3) is 6.99. The Bertz CT molecular complexity index is 1490. The number of nitrogens with one attached hydrogen (secondary N) is 1. The number of nitrogens with zero attached hydrogens (tertiary/aromatic N) is 1. The summed E-state index contributed by atoms with van der Waals surface area (Å²) < 4.78 is 55.0. The number of sulfone groups is 1. The maximum Gasteiger partial charge on any atom is 0.250 e. The lowest BCUT2D eigenvalue weighted by Gasteiger charge is -2.27. The summed E-state index contributed by atoms with van der Waals surface area (Å²) in [7, 11) is -1.79. The molecule has 7 nitrogen and oxygen atoms in total. The van der Waals surface area contributed by atoms with Gasteiger partial charge in [0, 0.05) is 53.1 Å². The molecule has 38 heavy (non-hydrogen) atoms. The topological polar surface area (TPSA) is 108 Å². The highest BCUT2D eigenvalue weighted by molar-refractivity contribution is 7.91. The van der Waals surface area contributed by atoms with Gasteiger partial charge in [-0.2, -0.15) is 0 Å². The lowest BCUT2D eigenvalue weighted by molar-refractivity contribution is 0.103. The Labute approximate surface area is 226 Å². The van der Waals surface area contributed by atoms with E-state index in [0.29, 0.717) is 22.3 Å². The summed E-state index contributed by atoms with van der Waals surface area (Å²) in [6, 6.07) is 10.8. The Kier molecular flexibility index (Phi) is 9.03. The van der Waals surface area contributed by atoms with Crippen molar-refractivity contribution in [3.63, 3.8) is 0 Å². The fourth-order valence-corrected chi connectivity index (χ4v) is 5.54. The minimum Gasteiger partial charge on any atom is -0.598 e. The summed E-state index contributed by atoms with van der Waals surface area (Å²) in [5, 5.41) is 0. The van der Waals surface area contributed by atoms with Crippen LogP contribution in [0.25, 0.3) is 11.1 Å². The number of carbonyl (C=O) groups is 1. The lowest BCUT2D eigenvalue weighted by Crippen LogP contribution is -2.41. The summed E-state index contributed by atoms with van der Waals surface area (Å²) in [5.74, 6) is -1.12. The van der Waals surface area contributed by atoms with Crippen molar-refractivity contribution in [2.45, 2.75) is 51.2 Å². The summed E-state index contributed by atoms with van der Waals surface area (Å²) in [6.07, 6.45) is 1.59. The van der Waals surface area contributed by atoms with Gasteiger partial charge in [-0.25, -0.2) is 12.8 Å². The number of aryl methyl sites for hydroxylation is 1. The van der Waals surface area contributed by atoms with Gasteiger partial charge in [-0.3, -0.25) is 9.59 Å². The zero-order valence-electron chi connectivity index (χ0n) is 22.4. The largest absolute Gasteiger partial charge is 0.598 e. The van der Waals surface area contributed by atoms with E-state index >= 15 is 0 Å². The molecule has 0 radical (unpaired) electrons. The Morgan fingerprint density at radius 3 is 2.32 bits per heavy atom. The maximum atomic E-state index is 13.6. The van der Waals surface area contributed by atoms with Crippen LogP contribution in [0.5, 0.6) is 0 Å². The van der Waals surface area contributed by atoms with Crippen molar-refractivity contribution >= 4 is 27.0 Å². The molecule has 10 heteroatoms. The highest BCUT2D eigenvalue weighted by Crippen LogP contribution is 2.33. The standard InChI is InChI=1S/C28H33FN2O5S2/c1-7-38(35,36)17-19-8-13-22(27(33)20-9-11-21(29)12-10-20)24(14-19)25-16-31(6)26(32)15-23(25)18(2)30-37(34)28(3,4)5/h8-16,18,30H,7,17H2,1-6H3/t18-,37+/m1/s1. The first-order valence-corrected chi connectivity index (χ1v) is 15.1. The molecule has 1 N–H and O–H groups in total. The number of hydrogen-bond donors (Lipinski definition) is 1. The normalized spacial score (nSPS) is 13.8. The van der Waals surface area contributed by atoms with Gasteiger partial charge in [0.15, 0.2) is 15.6 Å². The molecule has 2 aromatic carbocycles. The predicted molar refractivity (Wildman–Crippen MR) is 150 cm³/mol. The van der Waals surface area contributed by atoms with Crippen LogP contribution in [-0.4, -0.2) is 33.8 Å². The van der Waals surface area contributed by atoms with Crippen LogP contribution in [0.1, 0.15) is 67.7 Å². The minimum atomic E-state index is -3.37. The summed E-state index contributed by atoms with van der Waals surface area (Å²) in [4.78, 5) is 26.2. The number of aromatic nitrogens is 1. The highest BCUT2D eigenvalue weighted by atomic mass is 32.2. The zero-order chi connectivity index (χ0) is 28.4. The van der Waals surface area contributed by atoms with Gasteiger partial charge in [0.05, 0.1) is 11.8 Å². The number of carbonyl (C=O) groups excluding carboxylic acids is 1. The average Bonchev–Trinajstić information content (AvgIpc) is 2.84. The average molecular weight is 561 g/mol. The third-order valence-electron chi connectivity index (χ3n) is 6.12. The fraction of sp³-hybridized carbons (Fsp3) is 0.357. The Hall–Kier alpha value is -2.79. The monoisotopic (exact) mass is 560 g/mol. The molecule has 1 aromatic heterocycles. The molecular weight excluding hydrogens is 527 g/mol. The Balaban J connectivity index is 2.26. The first-order valence-electron chi connectivity index (χ1n) is 12.2. The van der Waals surface area contributed by atoms with Crippen LogP contribution in [-0.2, 0) is 34.0 Å². The first kappa shape index (κ1) is 29.8. The van der Waals surface area contributed by atoms with Crippen LogP contribution in [0.4, 0.5) is 4.39 Å². The molecule has 3 rings (SSSR count). The summed E-state index contributed by atoms with van der Waals surface area (Å²) >= 11 is -1.45. The fourth-order valence-electron chi connectivity index (χ4n) is 3.84. The Morgan fingerprint density at radius 1 is 1.11 bits per heavy atom. The second-order valence-corrected chi connectivity index (χ2v) is 14.6. The van der Waals surface area contributed by atoms with E-state index in [9.17, 15) is 27.0 Å². The first-order chi connectivity index (χ1) is 17.6.